The Labute approximate surface area is 178 Å². The molecule has 0 aliphatic heterocycles. The first kappa shape index (κ1) is 22.2. The number of rotatable bonds is 7. The van der Waals surface area contributed by atoms with Gasteiger partial charge in [-0.1, -0.05) is 30.3 Å². The standard InChI is InChI=1S/C24H22F3NO3/c1-30-22-11-8-16(13-23(29)31-2)12-21(22)20-10-9-18(24(25,26)27)14-17(20)15-28-19-6-4-3-5-7-19/h3-12,14,28H,13,15H2,1-2H3. The maximum Gasteiger partial charge on any atom is 0.416 e. The van der Waals surface area contributed by atoms with Crippen LogP contribution in [0.5, 0.6) is 5.75 Å². The van der Waals surface area contributed by atoms with Crippen molar-refractivity contribution >= 4 is 11.7 Å². The van der Waals surface area contributed by atoms with E-state index in [-0.39, 0.29) is 13.0 Å². The zero-order chi connectivity index (χ0) is 22.4. The maximum absolute atomic E-state index is 13.4. The number of para-hydroxylation sites is 1. The van der Waals surface area contributed by atoms with Crippen molar-refractivity contribution in [2.24, 2.45) is 0 Å². The van der Waals surface area contributed by atoms with Crippen molar-refractivity contribution in [2.75, 3.05) is 19.5 Å². The van der Waals surface area contributed by atoms with Crippen LogP contribution < -0.4 is 10.1 Å². The lowest BCUT2D eigenvalue weighted by Crippen LogP contribution is -2.09. The lowest BCUT2D eigenvalue weighted by molar-refractivity contribution is -0.140. The van der Waals surface area contributed by atoms with Gasteiger partial charge in [0, 0.05) is 17.8 Å². The van der Waals surface area contributed by atoms with Crippen molar-refractivity contribution in [2.45, 2.75) is 19.1 Å². The van der Waals surface area contributed by atoms with E-state index in [1.165, 1.54) is 20.3 Å². The van der Waals surface area contributed by atoms with Gasteiger partial charge in [-0.15, -0.1) is 0 Å². The lowest BCUT2D eigenvalue weighted by Gasteiger charge is -2.18. The second-order valence-electron chi connectivity index (χ2n) is 6.88. The summed E-state index contributed by atoms with van der Waals surface area (Å²) in [7, 11) is 2.79. The van der Waals surface area contributed by atoms with Crippen LogP contribution in [0.25, 0.3) is 11.1 Å². The number of methoxy groups -OCH3 is 2. The molecule has 0 heterocycles. The highest BCUT2D eigenvalue weighted by Gasteiger charge is 2.31. The van der Waals surface area contributed by atoms with Gasteiger partial charge >= 0.3 is 12.1 Å². The first-order chi connectivity index (χ1) is 14.8. The van der Waals surface area contributed by atoms with E-state index in [2.05, 4.69) is 5.32 Å². The molecule has 0 unspecified atom stereocenters. The van der Waals surface area contributed by atoms with E-state index < -0.39 is 17.7 Å². The Morgan fingerprint density at radius 2 is 1.68 bits per heavy atom. The zero-order valence-corrected chi connectivity index (χ0v) is 17.1. The third kappa shape index (κ3) is 5.57. The molecule has 1 N–H and O–H groups in total. The van der Waals surface area contributed by atoms with Crippen LogP contribution in [0.2, 0.25) is 0 Å². The van der Waals surface area contributed by atoms with Crippen LogP contribution in [0.3, 0.4) is 0 Å². The van der Waals surface area contributed by atoms with Crippen molar-refractivity contribution in [1.82, 2.24) is 0 Å². The van der Waals surface area contributed by atoms with E-state index >= 15 is 0 Å². The van der Waals surface area contributed by atoms with Crippen molar-refractivity contribution in [3.63, 3.8) is 0 Å². The van der Waals surface area contributed by atoms with Gasteiger partial charge in [-0.05, 0) is 53.1 Å². The summed E-state index contributed by atoms with van der Waals surface area (Å²) >= 11 is 0. The molecule has 7 heteroatoms. The number of carbonyl (C=O) groups is 1. The monoisotopic (exact) mass is 429 g/mol. The molecule has 0 amide bonds. The number of nitrogens with one attached hydrogen (secondary N) is 1. The number of esters is 1. The van der Waals surface area contributed by atoms with E-state index in [0.717, 1.165) is 17.8 Å². The molecule has 3 aromatic rings. The molecule has 0 aromatic heterocycles. The molecule has 0 radical (unpaired) electrons. The summed E-state index contributed by atoms with van der Waals surface area (Å²) in [5.41, 5.74) is 2.36. The lowest BCUT2D eigenvalue weighted by atomic mass is 9.94. The highest BCUT2D eigenvalue weighted by molar-refractivity contribution is 5.78. The van der Waals surface area contributed by atoms with Crippen LogP contribution in [-0.4, -0.2) is 20.2 Å². The number of ether oxygens (including phenoxy) is 2. The molecule has 31 heavy (non-hydrogen) atoms. The predicted molar refractivity (Wildman–Crippen MR) is 113 cm³/mol. The van der Waals surface area contributed by atoms with Gasteiger partial charge in [0.15, 0.2) is 0 Å². The highest BCUT2D eigenvalue weighted by atomic mass is 19.4. The van der Waals surface area contributed by atoms with Crippen molar-refractivity contribution in [3.8, 4) is 16.9 Å². The number of alkyl halides is 3. The quantitative estimate of drug-likeness (QED) is 0.489. The van der Waals surface area contributed by atoms with Gasteiger partial charge in [0.1, 0.15) is 5.75 Å². The van der Waals surface area contributed by atoms with E-state index in [0.29, 0.717) is 28.0 Å². The first-order valence-corrected chi connectivity index (χ1v) is 9.55. The molecule has 4 nitrogen and oxygen atoms in total. The third-order valence-electron chi connectivity index (χ3n) is 4.82. The topological polar surface area (TPSA) is 47.6 Å². The minimum Gasteiger partial charge on any atom is -0.496 e. The van der Waals surface area contributed by atoms with E-state index in [9.17, 15) is 18.0 Å². The van der Waals surface area contributed by atoms with E-state index in [4.69, 9.17) is 9.47 Å². The minimum absolute atomic E-state index is 0.0473. The van der Waals surface area contributed by atoms with Gasteiger partial charge in [0.2, 0.25) is 0 Å². The summed E-state index contributed by atoms with van der Waals surface area (Å²) in [6.07, 6.45) is -4.41. The molecule has 3 rings (SSSR count). The van der Waals surface area contributed by atoms with E-state index in [1.54, 1.807) is 18.2 Å². The molecule has 3 aromatic carbocycles. The summed E-state index contributed by atoms with van der Waals surface area (Å²) in [5, 5.41) is 3.16. The molecule has 0 atom stereocenters. The fourth-order valence-corrected chi connectivity index (χ4v) is 3.25. The molecular weight excluding hydrogens is 407 g/mol. The summed E-state index contributed by atoms with van der Waals surface area (Å²) in [6.45, 7) is 0.174. The van der Waals surface area contributed by atoms with Crippen LogP contribution in [0.4, 0.5) is 18.9 Å². The van der Waals surface area contributed by atoms with Crippen LogP contribution in [0.1, 0.15) is 16.7 Å². The Morgan fingerprint density at radius 3 is 2.32 bits per heavy atom. The van der Waals surface area contributed by atoms with Crippen LogP contribution in [0, 0.1) is 0 Å². The Kier molecular flexibility index (Phi) is 6.84. The highest BCUT2D eigenvalue weighted by Crippen LogP contribution is 2.37. The SMILES string of the molecule is COC(=O)Cc1ccc(OC)c(-c2ccc(C(F)(F)F)cc2CNc2ccccc2)c1. The van der Waals surface area contributed by atoms with Crippen LogP contribution in [-0.2, 0) is 28.7 Å². The summed E-state index contributed by atoms with van der Waals surface area (Å²) in [6, 6.07) is 18.0. The molecule has 0 saturated heterocycles. The Hall–Kier alpha value is -3.48. The molecule has 0 aliphatic carbocycles. The van der Waals surface area contributed by atoms with Crippen molar-refractivity contribution in [1.29, 1.82) is 0 Å². The number of benzene rings is 3. The number of halogens is 3. The van der Waals surface area contributed by atoms with Gasteiger partial charge in [0.05, 0.1) is 26.2 Å². The smallest absolute Gasteiger partial charge is 0.416 e. The normalized spacial score (nSPS) is 11.1. The summed E-state index contributed by atoms with van der Waals surface area (Å²) in [4.78, 5) is 11.7. The van der Waals surface area contributed by atoms with Crippen LogP contribution in [0.15, 0.2) is 66.7 Å². The van der Waals surface area contributed by atoms with Crippen molar-refractivity contribution in [3.05, 3.63) is 83.4 Å². The predicted octanol–water partition coefficient (Wildman–Crippen LogP) is 5.71. The third-order valence-corrected chi connectivity index (χ3v) is 4.82. The Morgan fingerprint density at radius 1 is 0.935 bits per heavy atom. The molecular formula is C24H22F3NO3. The van der Waals surface area contributed by atoms with Crippen LogP contribution >= 0.6 is 0 Å². The Bertz CT molecular complexity index is 1050. The average Bonchev–Trinajstić information content (AvgIpc) is 2.77. The second-order valence-corrected chi connectivity index (χ2v) is 6.88. The van der Waals surface area contributed by atoms with E-state index in [1.807, 2.05) is 30.3 Å². The first-order valence-electron chi connectivity index (χ1n) is 9.55. The van der Waals surface area contributed by atoms with Gasteiger partial charge in [-0.3, -0.25) is 4.79 Å². The Balaban J connectivity index is 2.06. The van der Waals surface area contributed by atoms with Gasteiger partial charge in [-0.2, -0.15) is 13.2 Å². The molecule has 162 valence electrons. The fraction of sp³-hybridized carbons (Fsp3) is 0.208. The van der Waals surface area contributed by atoms with Gasteiger partial charge in [0.25, 0.3) is 0 Å². The molecule has 0 bridgehead atoms. The van der Waals surface area contributed by atoms with Gasteiger partial charge < -0.3 is 14.8 Å². The summed E-state index contributed by atoms with van der Waals surface area (Å²) < 4.78 is 50.2. The number of hydrogen-bond acceptors (Lipinski definition) is 4. The number of anilines is 1. The number of carbonyl (C=O) groups excluding carboxylic acids is 1. The molecule has 0 saturated carbocycles. The minimum atomic E-state index is -4.46. The number of hydrogen-bond donors (Lipinski definition) is 1. The molecule has 0 aliphatic rings. The largest absolute Gasteiger partial charge is 0.496 e. The zero-order valence-electron chi connectivity index (χ0n) is 17.1. The van der Waals surface area contributed by atoms with Gasteiger partial charge in [-0.25, -0.2) is 0 Å². The molecule has 0 spiro atoms. The average molecular weight is 429 g/mol. The summed E-state index contributed by atoms with van der Waals surface area (Å²) in [5.74, 6) is 0.0869. The van der Waals surface area contributed by atoms with Crippen molar-refractivity contribution < 1.29 is 27.4 Å². The second kappa shape index (κ2) is 9.55. The molecule has 0 fully saturated rings. The maximum atomic E-state index is 13.4. The fourth-order valence-electron chi connectivity index (χ4n) is 3.25.